The number of amides is 2. The van der Waals surface area contributed by atoms with E-state index in [0.717, 1.165) is 16.9 Å². The highest BCUT2D eigenvalue weighted by Gasteiger charge is 2.32. The molecule has 2 amide bonds. The van der Waals surface area contributed by atoms with Crippen LogP contribution in [0.3, 0.4) is 0 Å². The largest absolute Gasteiger partial charge is 0.497 e. The predicted molar refractivity (Wildman–Crippen MR) is 110 cm³/mol. The lowest BCUT2D eigenvalue weighted by molar-refractivity contribution is -0.160. The standard InChI is InChI=1S/C22H26N2O5/c1-5-15-7-11-17(12-8-15)23-20(25)19(16-9-13-18(28-4)14-10-16)24(3)21(26)22(27)29-6-2/h7-14,19H,5-6H2,1-4H3,(H,23,25). The van der Waals surface area contributed by atoms with Crippen LogP contribution in [0, 0.1) is 0 Å². The van der Waals surface area contributed by atoms with Crippen molar-refractivity contribution in [2.24, 2.45) is 0 Å². The van der Waals surface area contributed by atoms with Gasteiger partial charge < -0.3 is 19.7 Å². The van der Waals surface area contributed by atoms with Crippen LogP contribution in [0.2, 0.25) is 0 Å². The highest BCUT2D eigenvalue weighted by Crippen LogP contribution is 2.25. The second-order valence-corrected chi connectivity index (χ2v) is 6.35. The lowest BCUT2D eigenvalue weighted by atomic mass is 10.0. The zero-order valence-corrected chi connectivity index (χ0v) is 17.1. The lowest BCUT2D eigenvalue weighted by Gasteiger charge is -2.27. The third kappa shape index (κ3) is 5.57. The van der Waals surface area contributed by atoms with E-state index in [1.165, 1.54) is 14.2 Å². The van der Waals surface area contributed by atoms with Crippen LogP contribution in [0.4, 0.5) is 5.69 Å². The zero-order chi connectivity index (χ0) is 21.4. The molecule has 7 nitrogen and oxygen atoms in total. The summed E-state index contributed by atoms with van der Waals surface area (Å²) in [7, 11) is 2.93. The molecule has 0 aliphatic carbocycles. The second-order valence-electron chi connectivity index (χ2n) is 6.35. The molecule has 0 fully saturated rings. The first kappa shape index (κ1) is 21.9. The fourth-order valence-corrected chi connectivity index (χ4v) is 2.83. The molecule has 0 saturated heterocycles. The van der Waals surface area contributed by atoms with Crippen molar-refractivity contribution in [2.75, 3.05) is 26.1 Å². The quantitative estimate of drug-likeness (QED) is 0.573. The molecule has 7 heteroatoms. The maximum absolute atomic E-state index is 13.1. The van der Waals surface area contributed by atoms with E-state index in [-0.39, 0.29) is 6.61 Å². The Bertz CT molecular complexity index is 847. The Balaban J connectivity index is 2.32. The molecular formula is C22H26N2O5. The van der Waals surface area contributed by atoms with Crippen molar-refractivity contribution < 1.29 is 23.9 Å². The average Bonchev–Trinajstić information content (AvgIpc) is 2.74. The first-order valence-corrected chi connectivity index (χ1v) is 9.38. The Kier molecular flexibility index (Phi) is 7.77. The van der Waals surface area contributed by atoms with Crippen LogP contribution < -0.4 is 10.1 Å². The summed E-state index contributed by atoms with van der Waals surface area (Å²) in [5.74, 6) is -1.74. The van der Waals surface area contributed by atoms with E-state index in [1.54, 1.807) is 43.3 Å². The van der Waals surface area contributed by atoms with Crippen molar-refractivity contribution in [1.29, 1.82) is 0 Å². The van der Waals surface area contributed by atoms with Gasteiger partial charge in [-0.05, 0) is 48.7 Å². The minimum Gasteiger partial charge on any atom is -0.497 e. The van der Waals surface area contributed by atoms with Crippen molar-refractivity contribution in [3.05, 3.63) is 59.7 Å². The normalized spacial score (nSPS) is 11.3. The van der Waals surface area contributed by atoms with Crippen LogP contribution in [0.1, 0.15) is 31.0 Å². The van der Waals surface area contributed by atoms with Gasteiger partial charge in [-0.1, -0.05) is 31.2 Å². The summed E-state index contributed by atoms with van der Waals surface area (Å²) in [5, 5.41) is 2.81. The van der Waals surface area contributed by atoms with Crippen molar-refractivity contribution in [1.82, 2.24) is 4.90 Å². The molecule has 0 bridgehead atoms. The highest BCUT2D eigenvalue weighted by molar-refractivity contribution is 6.32. The topological polar surface area (TPSA) is 84.9 Å². The van der Waals surface area contributed by atoms with Gasteiger partial charge in [0.2, 0.25) is 0 Å². The monoisotopic (exact) mass is 398 g/mol. The minimum atomic E-state index is -1.02. The molecule has 29 heavy (non-hydrogen) atoms. The van der Waals surface area contributed by atoms with Gasteiger partial charge in [0.05, 0.1) is 13.7 Å². The third-order valence-corrected chi connectivity index (χ3v) is 4.47. The van der Waals surface area contributed by atoms with E-state index in [2.05, 4.69) is 5.32 Å². The highest BCUT2D eigenvalue weighted by atomic mass is 16.5. The molecule has 1 N–H and O–H groups in total. The Morgan fingerprint density at radius 1 is 1.00 bits per heavy atom. The number of rotatable bonds is 7. The van der Waals surface area contributed by atoms with E-state index in [9.17, 15) is 14.4 Å². The summed E-state index contributed by atoms with van der Waals surface area (Å²) in [6, 6.07) is 13.2. The van der Waals surface area contributed by atoms with Gasteiger partial charge in [0.15, 0.2) is 0 Å². The van der Waals surface area contributed by atoms with E-state index < -0.39 is 23.8 Å². The molecule has 0 heterocycles. The molecule has 1 atom stereocenters. The number of likely N-dealkylation sites (N-methyl/N-ethyl adjacent to an activating group) is 1. The molecule has 1 unspecified atom stereocenters. The van der Waals surface area contributed by atoms with Crippen LogP contribution in [-0.4, -0.2) is 43.4 Å². The summed E-state index contributed by atoms with van der Waals surface area (Å²) < 4.78 is 9.94. The molecular weight excluding hydrogens is 372 g/mol. The summed E-state index contributed by atoms with van der Waals surface area (Å²) in [4.78, 5) is 38.5. The van der Waals surface area contributed by atoms with E-state index in [1.807, 2.05) is 19.1 Å². The Morgan fingerprint density at radius 2 is 1.62 bits per heavy atom. The van der Waals surface area contributed by atoms with Crippen molar-refractivity contribution in [3.8, 4) is 5.75 Å². The SMILES string of the molecule is CCOC(=O)C(=O)N(C)C(C(=O)Nc1ccc(CC)cc1)c1ccc(OC)cc1. The fraction of sp³-hybridized carbons (Fsp3) is 0.318. The number of carbonyl (C=O) groups excluding carboxylic acids is 3. The van der Waals surface area contributed by atoms with Crippen LogP contribution in [0.15, 0.2) is 48.5 Å². The maximum atomic E-state index is 13.1. The summed E-state index contributed by atoms with van der Waals surface area (Å²) in [6.07, 6.45) is 0.888. The fourth-order valence-electron chi connectivity index (χ4n) is 2.83. The minimum absolute atomic E-state index is 0.0710. The van der Waals surface area contributed by atoms with Crippen molar-refractivity contribution in [3.63, 3.8) is 0 Å². The number of methoxy groups -OCH3 is 1. The van der Waals surface area contributed by atoms with Gasteiger partial charge in [-0.25, -0.2) is 4.79 Å². The van der Waals surface area contributed by atoms with Gasteiger partial charge in [0, 0.05) is 12.7 Å². The van der Waals surface area contributed by atoms with Gasteiger partial charge in [-0.3, -0.25) is 9.59 Å². The van der Waals surface area contributed by atoms with E-state index in [0.29, 0.717) is 17.0 Å². The number of aryl methyl sites for hydroxylation is 1. The number of hydrogen-bond donors (Lipinski definition) is 1. The van der Waals surface area contributed by atoms with E-state index >= 15 is 0 Å². The van der Waals surface area contributed by atoms with Crippen molar-refractivity contribution >= 4 is 23.5 Å². The number of benzene rings is 2. The molecule has 0 aromatic heterocycles. The molecule has 0 aliphatic rings. The summed E-state index contributed by atoms with van der Waals surface area (Å²) >= 11 is 0. The lowest BCUT2D eigenvalue weighted by Crippen LogP contribution is -2.42. The van der Waals surface area contributed by atoms with Gasteiger partial charge in [-0.2, -0.15) is 0 Å². The second kappa shape index (κ2) is 10.3. The first-order valence-electron chi connectivity index (χ1n) is 9.38. The van der Waals surface area contributed by atoms with Crippen LogP contribution in [-0.2, 0) is 25.5 Å². The molecule has 0 saturated carbocycles. The molecule has 0 spiro atoms. The number of anilines is 1. The maximum Gasteiger partial charge on any atom is 0.397 e. The summed E-state index contributed by atoms with van der Waals surface area (Å²) in [6.45, 7) is 3.73. The smallest absolute Gasteiger partial charge is 0.397 e. The number of nitrogens with one attached hydrogen (secondary N) is 1. The van der Waals surface area contributed by atoms with Crippen LogP contribution >= 0.6 is 0 Å². The Labute approximate surface area is 170 Å². The van der Waals surface area contributed by atoms with Gasteiger partial charge >= 0.3 is 11.9 Å². The van der Waals surface area contributed by atoms with Crippen LogP contribution in [0.25, 0.3) is 0 Å². The number of carbonyl (C=O) groups is 3. The van der Waals surface area contributed by atoms with Gasteiger partial charge in [-0.15, -0.1) is 0 Å². The van der Waals surface area contributed by atoms with Gasteiger partial charge in [0.1, 0.15) is 11.8 Å². The number of nitrogens with zero attached hydrogens (tertiary/aromatic N) is 1. The zero-order valence-electron chi connectivity index (χ0n) is 17.1. The predicted octanol–water partition coefficient (Wildman–Crippen LogP) is 2.96. The van der Waals surface area contributed by atoms with Crippen LogP contribution in [0.5, 0.6) is 5.75 Å². The van der Waals surface area contributed by atoms with Gasteiger partial charge in [0.25, 0.3) is 5.91 Å². The molecule has 0 radical (unpaired) electrons. The number of hydrogen-bond acceptors (Lipinski definition) is 5. The molecule has 0 aliphatic heterocycles. The first-order chi connectivity index (χ1) is 13.9. The Morgan fingerprint density at radius 3 is 2.14 bits per heavy atom. The molecule has 2 aromatic rings. The molecule has 2 aromatic carbocycles. The number of ether oxygens (including phenoxy) is 2. The molecule has 2 rings (SSSR count). The third-order valence-electron chi connectivity index (χ3n) is 4.47. The number of esters is 1. The molecule has 154 valence electrons. The van der Waals surface area contributed by atoms with E-state index in [4.69, 9.17) is 9.47 Å². The Hall–Kier alpha value is -3.35. The van der Waals surface area contributed by atoms with Crippen molar-refractivity contribution in [2.45, 2.75) is 26.3 Å². The average molecular weight is 398 g/mol. The summed E-state index contributed by atoms with van der Waals surface area (Å²) in [5.41, 5.74) is 2.28.